The van der Waals surface area contributed by atoms with Gasteiger partial charge in [-0.3, -0.25) is 4.79 Å². The lowest BCUT2D eigenvalue weighted by Crippen LogP contribution is -2.49. The molecule has 2 saturated heterocycles. The Kier molecular flexibility index (Phi) is 5.67. The molecule has 0 radical (unpaired) electrons. The van der Waals surface area contributed by atoms with Gasteiger partial charge in [0.1, 0.15) is 5.82 Å². The molecule has 2 fully saturated rings. The Labute approximate surface area is 178 Å². The number of piperidine rings is 2. The smallest absolute Gasteiger partial charge is 0.223 e. The van der Waals surface area contributed by atoms with Gasteiger partial charge >= 0.3 is 0 Å². The second-order valence-corrected chi connectivity index (χ2v) is 8.83. The molecule has 1 amide bonds. The highest BCUT2D eigenvalue weighted by Crippen LogP contribution is 2.33. The van der Waals surface area contributed by atoms with Crippen molar-refractivity contribution in [1.29, 1.82) is 0 Å². The molecule has 1 aromatic carbocycles. The van der Waals surface area contributed by atoms with Crippen molar-refractivity contribution in [2.75, 3.05) is 31.1 Å². The zero-order valence-electron chi connectivity index (χ0n) is 17.6. The van der Waals surface area contributed by atoms with Crippen molar-refractivity contribution >= 4 is 11.7 Å². The van der Waals surface area contributed by atoms with Gasteiger partial charge in [0.05, 0.1) is 0 Å². The predicted octanol–water partition coefficient (Wildman–Crippen LogP) is 2.72. The number of hydrogen-bond acceptors (Lipinski definition) is 5. The normalized spacial score (nSPS) is 22.0. The number of benzene rings is 1. The van der Waals surface area contributed by atoms with E-state index >= 15 is 0 Å². The van der Waals surface area contributed by atoms with Crippen molar-refractivity contribution in [1.82, 2.24) is 20.6 Å². The Bertz CT molecular complexity index is 886. The van der Waals surface area contributed by atoms with Crippen LogP contribution in [0.15, 0.2) is 30.3 Å². The monoisotopic (exact) mass is 405 g/mol. The third kappa shape index (κ3) is 4.06. The Hall–Kier alpha value is -2.47. The summed E-state index contributed by atoms with van der Waals surface area (Å²) in [5.41, 5.74) is 3.61. The van der Waals surface area contributed by atoms with Gasteiger partial charge in [-0.2, -0.15) is 0 Å². The molecule has 6 heteroatoms. The summed E-state index contributed by atoms with van der Waals surface area (Å²) in [5, 5.41) is 6.65. The number of anilines is 1. The summed E-state index contributed by atoms with van der Waals surface area (Å²) in [6.45, 7) is 3.75. The highest BCUT2D eigenvalue weighted by molar-refractivity contribution is 5.79. The van der Waals surface area contributed by atoms with Gasteiger partial charge in [-0.15, -0.1) is 0 Å². The number of amides is 1. The molecular formula is C24H31N5O. The molecule has 158 valence electrons. The first kappa shape index (κ1) is 19.5. The van der Waals surface area contributed by atoms with Gasteiger partial charge in [-0.05, 0) is 51.5 Å². The Morgan fingerprint density at radius 2 is 1.87 bits per heavy atom. The van der Waals surface area contributed by atoms with E-state index in [4.69, 9.17) is 9.97 Å². The van der Waals surface area contributed by atoms with Crippen LogP contribution in [-0.2, 0) is 17.6 Å². The number of carbonyl (C=O) groups excluding carboxylic acids is 1. The van der Waals surface area contributed by atoms with Crippen LogP contribution in [0.25, 0.3) is 11.4 Å². The van der Waals surface area contributed by atoms with E-state index in [0.717, 1.165) is 88.3 Å². The summed E-state index contributed by atoms with van der Waals surface area (Å²) >= 11 is 0. The van der Waals surface area contributed by atoms with Gasteiger partial charge in [0.25, 0.3) is 0 Å². The van der Waals surface area contributed by atoms with E-state index in [-0.39, 0.29) is 11.8 Å². The summed E-state index contributed by atoms with van der Waals surface area (Å²) in [5.74, 6) is 2.29. The fraction of sp³-hybridized carbons (Fsp3) is 0.542. The average molecular weight is 406 g/mol. The van der Waals surface area contributed by atoms with Crippen molar-refractivity contribution in [2.24, 2.45) is 5.92 Å². The molecule has 0 bridgehead atoms. The lowest BCUT2D eigenvalue weighted by molar-refractivity contribution is -0.126. The van der Waals surface area contributed by atoms with Crippen molar-refractivity contribution in [3.8, 4) is 11.4 Å². The van der Waals surface area contributed by atoms with Gasteiger partial charge in [0.2, 0.25) is 5.91 Å². The third-order valence-corrected chi connectivity index (χ3v) is 6.75. The number of aryl methyl sites for hydroxylation is 1. The van der Waals surface area contributed by atoms with E-state index < -0.39 is 0 Å². The largest absolute Gasteiger partial charge is 0.356 e. The van der Waals surface area contributed by atoms with Gasteiger partial charge in [0, 0.05) is 48.4 Å². The molecular weight excluding hydrogens is 374 g/mol. The highest BCUT2D eigenvalue weighted by Gasteiger charge is 2.30. The van der Waals surface area contributed by atoms with Crippen LogP contribution < -0.4 is 15.5 Å². The number of rotatable bonds is 4. The minimum atomic E-state index is 0.117. The number of aromatic nitrogens is 2. The molecule has 6 nitrogen and oxygen atoms in total. The molecule has 30 heavy (non-hydrogen) atoms. The average Bonchev–Trinajstić information content (AvgIpc) is 3.29. The number of nitrogens with one attached hydrogen (secondary N) is 2. The summed E-state index contributed by atoms with van der Waals surface area (Å²) in [6.07, 6.45) is 7.28. The first-order chi connectivity index (χ1) is 14.8. The molecule has 1 aliphatic carbocycles. The van der Waals surface area contributed by atoms with Crippen LogP contribution in [0.4, 0.5) is 5.82 Å². The summed E-state index contributed by atoms with van der Waals surface area (Å²) in [6, 6.07) is 10.6. The van der Waals surface area contributed by atoms with Gasteiger partial charge in [-0.25, -0.2) is 9.97 Å². The predicted molar refractivity (Wildman–Crippen MR) is 118 cm³/mol. The van der Waals surface area contributed by atoms with Crippen LogP contribution in [0.5, 0.6) is 0 Å². The maximum absolute atomic E-state index is 12.8. The first-order valence-corrected chi connectivity index (χ1v) is 11.5. The number of nitrogens with zero attached hydrogens (tertiary/aromatic N) is 3. The van der Waals surface area contributed by atoms with Crippen molar-refractivity contribution in [3.05, 3.63) is 41.6 Å². The molecule has 3 heterocycles. The van der Waals surface area contributed by atoms with E-state index in [9.17, 15) is 4.79 Å². The molecule has 0 unspecified atom stereocenters. The van der Waals surface area contributed by atoms with E-state index in [1.165, 1.54) is 11.3 Å². The topological polar surface area (TPSA) is 70.2 Å². The van der Waals surface area contributed by atoms with E-state index in [1.807, 2.05) is 18.2 Å². The Morgan fingerprint density at radius 1 is 1.03 bits per heavy atom. The second-order valence-electron chi connectivity index (χ2n) is 8.83. The van der Waals surface area contributed by atoms with E-state index in [2.05, 4.69) is 27.7 Å². The molecule has 2 N–H and O–H groups in total. The van der Waals surface area contributed by atoms with Crippen LogP contribution in [0.2, 0.25) is 0 Å². The van der Waals surface area contributed by atoms with E-state index in [0.29, 0.717) is 6.04 Å². The summed E-state index contributed by atoms with van der Waals surface area (Å²) in [4.78, 5) is 25.0. The van der Waals surface area contributed by atoms with Crippen molar-refractivity contribution in [3.63, 3.8) is 0 Å². The molecule has 3 aliphatic rings. The maximum Gasteiger partial charge on any atom is 0.223 e. The molecule has 0 saturated carbocycles. The Morgan fingerprint density at radius 3 is 2.63 bits per heavy atom. The lowest BCUT2D eigenvalue weighted by atomic mass is 9.94. The van der Waals surface area contributed by atoms with Gasteiger partial charge in [0.15, 0.2) is 5.82 Å². The molecule has 5 rings (SSSR count). The molecule has 2 aromatic rings. The molecule has 2 aliphatic heterocycles. The fourth-order valence-electron chi connectivity index (χ4n) is 5.04. The quantitative estimate of drug-likeness (QED) is 0.819. The SMILES string of the molecule is O=C(N[C@H]1CCCNC1)C1CCN(c2nc(-c3ccccc3)nc3c2CCC3)CC1. The minimum Gasteiger partial charge on any atom is -0.356 e. The summed E-state index contributed by atoms with van der Waals surface area (Å²) < 4.78 is 0. The van der Waals surface area contributed by atoms with Crippen LogP contribution in [-0.4, -0.2) is 48.1 Å². The fourth-order valence-corrected chi connectivity index (χ4v) is 5.04. The third-order valence-electron chi connectivity index (χ3n) is 6.75. The number of hydrogen-bond donors (Lipinski definition) is 2. The molecule has 1 atom stereocenters. The highest BCUT2D eigenvalue weighted by atomic mass is 16.2. The number of fused-ring (bicyclic) bond motifs is 1. The number of carbonyl (C=O) groups is 1. The lowest BCUT2D eigenvalue weighted by Gasteiger charge is -2.34. The molecule has 1 aromatic heterocycles. The van der Waals surface area contributed by atoms with E-state index in [1.54, 1.807) is 0 Å². The van der Waals surface area contributed by atoms with Crippen LogP contribution in [0, 0.1) is 5.92 Å². The zero-order valence-corrected chi connectivity index (χ0v) is 17.6. The van der Waals surface area contributed by atoms with Crippen LogP contribution in [0.1, 0.15) is 43.4 Å². The van der Waals surface area contributed by atoms with Crippen LogP contribution >= 0.6 is 0 Å². The van der Waals surface area contributed by atoms with Gasteiger partial charge < -0.3 is 15.5 Å². The van der Waals surface area contributed by atoms with Gasteiger partial charge in [-0.1, -0.05) is 30.3 Å². The first-order valence-electron chi connectivity index (χ1n) is 11.5. The van der Waals surface area contributed by atoms with Crippen LogP contribution in [0.3, 0.4) is 0 Å². The van der Waals surface area contributed by atoms with Crippen molar-refractivity contribution in [2.45, 2.75) is 51.0 Å². The molecule has 0 spiro atoms. The zero-order chi connectivity index (χ0) is 20.3. The van der Waals surface area contributed by atoms with Crippen molar-refractivity contribution < 1.29 is 4.79 Å². The second kappa shape index (κ2) is 8.72. The standard InChI is InChI=1S/C24H31N5O/c30-24(26-19-8-5-13-25-16-19)18-11-14-29(15-12-18)23-20-9-4-10-21(20)27-22(28-23)17-6-2-1-3-7-17/h1-3,6-7,18-19,25H,4-5,8-16H2,(H,26,30)/t19-/m0/s1. The Balaban J connectivity index is 1.29. The maximum atomic E-state index is 12.8. The minimum absolute atomic E-state index is 0.117. The summed E-state index contributed by atoms with van der Waals surface area (Å²) in [7, 11) is 0.